The maximum atomic E-state index is 13.1. The molecule has 1 fully saturated rings. The molecule has 1 saturated carbocycles. The van der Waals surface area contributed by atoms with Crippen LogP contribution < -0.4 is 14.8 Å². The Morgan fingerprint density at radius 1 is 1.14 bits per heavy atom. The van der Waals surface area contributed by atoms with Gasteiger partial charge in [-0.2, -0.15) is 0 Å². The monoisotopic (exact) mass is 376 g/mol. The first-order valence-electron chi connectivity index (χ1n) is 9.39. The molecule has 0 bridgehead atoms. The molecule has 1 aromatic heterocycles. The minimum absolute atomic E-state index is 0.0114. The molecule has 6 nitrogen and oxygen atoms in total. The largest absolute Gasteiger partial charge is 0.454 e. The summed E-state index contributed by atoms with van der Waals surface area (Å²) in [6.07, 6.45) is 2.54. The third kappa shape index (κ3) is 2.64. The second kappa shape index (κ2) is 6.12. The third-order valence-electron chi connectivity index (χ3n) is 5.70. The van der Waals surface area contributed by atoms with Crippen LogP contribution in [0.2, 0.25) is 0 Å². The van der Waals surface area contributed by atoms with E-state index in [0.29, 0.717) is 5.75 Å². The van der Waals surface area contributed by atoms with E-state index in [1.807, 2.05) is 49.4 Å². The zero-order chi connectivity index (χ0) is 19.3. The molecule has 2 aliphatic rings. The number of fused-ring (bicyclic) bond motifs is 2. The van der Waals surface area contributed by atoms with Gasteiger partial charge in [0, 0.05) is 22.3 Å². The number of nitrogens with one attached hydrogen (secondary N) is 2. The molecule has 1 amide bonds. The molecule has 0 radical (unpaired) electrons. The van der Waals surface area contributed by atoms with Crippen molar-refractivity contribution in [1.82, 2.24) is 4.98 Å². The van der Waals surface area contributed by atoms with Gasteiger partial charge in [0.1, 0.15) is 6.29 Å². The molecule has 3 aromatic rings. The van der Waals surface area contributed by atoms with E-state index in [2.05, 4.69) is 10.3 Å². The van der Waals surface area contributed by atoms with Gasteiger partial charge in [0.25, 0.3) is 0 Å². The number of amides is 1. The summed E-state index contributed by atoms with van der Waals surface area (Å²) in [5.41, 5.74) is 3.00. The van der Waals surface area contributed by atoms with Crippen LogP contribution >= 0.6 is 0 Å². The Labute approximate surface area is 161 Å². The predicted molar refractivity (Wildman–Crippen MR) is 105 cm³/mol. The summed E-state index contributed by atoms with van der Waals surface area (Å²) in [4.78, 5) is 27.3. The molecule has 0 saturated heterocycles. The number of rotatable bonds is 5. The Kier molecular flexibility index (Phi) is 3.69. The van der Waals surface area contributed by atoms with Gasteiger partial charge in [-0.15, -0.1) is 0 Å². The van der Waals surface area contributed by atoms with Crippen LogP contribution in [-0.2, 0) is 15.0 Å². The van der Waals surface area contributed by atoms with Crippen molar-refractivity contribution < 1.29 is 19.1 Å². The number of hydrogen-bond donors (Lipinski definition) is 2. The molecular formula is C22H20N2O4. The fourth-order valence-corrected chi connectivity index (χ4v) is 3.77. The Bertz CT molecular complexity index is 1100. The molecule has 142 valence electrons. The van der Waals surface area contributed by atoms with Crippen molar-refractivity contribution in [3.63, 3.8) is 0 Å². The number of aldehydes is 1. The number of H-pyrrole nitrogens is 1. The zero-order valence-corrected chi connectivity index (χ0v) is 15.5. The third-order valence-corrected chi connectivity index (χ3v) is 5.70. The Hall–Kier alpha value is -3.28. The van der Waals surface area contributed by atoms with Crippen molar-refractivity contribution >= 4 is 28.8 Å². The summed E-state index contributed by atoms with van der Waals surface area (Å²) in [5.74, 6) is 1.22. The number of aromatic amines is 1. The quantitative estimate of drug-likeness (QED) is 0.663. The summed E-state index contributed by atoms with van der Waals surface area (Å²) >= 11 is 0. The van der Waals surface area contributed by atoms with Gasteiger partial charge in [0.15, 0.2) is 11.5 Å². The van der Waals surface area contributed by atoms with E-state index in [-0.39, 0.29) is 18.6 Å². The topological polar surface area (TPSA) is 80.4 Å². The summed E-state index contributed by atoms with van der Waals surface area (Å²) in [6, 6.07) is 13.4. The highest BCUT2D eigenvalue weighted by atomic mass is 16.7. The van der Waals surface area contributed by atoms with Crippen molar-refractivity contribution in [2.24, 2.45) is 0 Å². The number of hydrogen-bond acceptors (Lipinski definition) is 4. The minimum Gasteiger partial charge on any atom is -0.454 e. The highest BCUT2D eigenvalue weighted by molar-refractivity contribution is 6.02. The zero-order valence-electron chi connectivity index (χ0n) is 15.5. The molecule has 0 spiro atoms. The molecule has 28 heavy (non-hydrogen) atoms. The number of ether oxygens (including phenoxy) is 2. The first-order chi connectivity index (χ1) is 13.6. The number of carbonyl (C=O) groups is 2. The smallest absolute Gasteiger partial charge is 0.235 e. The standard InChI is InChI=1S/C22H20N2O4/c1-13(11-25)18-9-14-8-16(3-4-17(14)24-18)23-21(26)22(6-7-22)15-2-5-19-20(10-15)28-12-27-19/h2-5,8-11,13,24H,6-7,12H2,1H3,(H,23,26). The van der Waals surface area contributed by atoms with Gasteiger partial charge in [0.05, 0.1) is 11.3 Å². The Morgan fingerprint density at radius 3 is 2.75 bits per heavy atom. The molecule has 2 aromatic carbocycles. The minimum atomic E-state index is -0.509. The van der Waals surface area contributed by atoms with Crippen LogP contribution in [0.25, 0.3) is 10.9 Å². The average Bonchev–Trinajstić information content (AvgIpc) is 3.20. The van der Waals surface area contributed by atoms with Gasteiger partial charge in [-0.25, -0.2) is 0 Å². The van der Waals surface area contributed by atoms with Crippen LogP contribution in [-0.4, -0.2) is 24.0 Å². The molecule has 2 N–H and O–H groups in total. The van der Waals surface area contributed by atoms with Crippen LogP contribution in [0.5, 0.6) is 11.5 Å². The van der Waals surface area contributed by atoms with Gasteiger partial charge < -0.3 is 24.6 Å². The Morgan fingerprint density at radius 2 is 1.96 bits per heavy atom. The van der Waals surface area contributed by atoms with Crippen molar-refractivity contribution in [2.75, 3.05) is 12.1 Å². The fourth-order valence-electron chi connectivity index (χ4n) is 3.77. The van der Waals surface area contributed by atoms with Crippen LogP contribution in [0.1, 0.15) is 36.9 Å². The first-order valence-corrected chi connectivity index (χ1v) is 9.39. The van der Waals surface area contributed by atoms with Gasteiger partial charge in [-0.1, -0.05) is 13.0 Å². The maximum absolute atomic E-state index is 13.1. The maximum Gasteiger partial charge on any atom is 0.235 e. The summed E-state index contributed by atoms with van der Waals surface area (Å²) in [7, 11) is 0. The average molecular weight is 376 g/mol. The molecule has 2 heterocycles. The lowest BCUT2D eigenvalue weighted by Crippen LogP contribution is -2.27. The summed E-state index contributed by atoms with van der Waals surface area (Å²) < 4.78 is 10.8. The second-order valence-electron chi connectivity index (χ2n) is 7.56. The van der Waals surface area contributed by atoms with Crippen LogP contribution in [0.3, 0.4) is 0 Å². The summed E-state index contributed by atoms with van der Waals surface area (Å²) in [6.45, 7) is 2.07. The fraction of sp³-hybridized carbons (Fsp3) is 0.273. The van der Waals surface area contributed by atoms with Gasteiger partial charge in [-0.3, -0.25) is 4.79 Å². The van der Waals surface area contributed by atoms with E-state index in [1.165, 1.54) is 0 Å². The molecule has 1 atom stereocenters. The van der Waals surface area contributed by atoms with Crippen LogP contribution in [0, 0.1) is 0 Å². The normalized spacial score (nSPS) is 17.3. The highest BCUT2D eigenvalue weighted by Crippen LogP contribution is 2.51. The number of anilines is 1. The van der Waals surface area contributed by atoms with E-state index >= 15 is 0 Å². The molecule has 1 aliphatic carbocycles. The van der Waals surface area contributed by atoms with Gasteiger partial charge in [0.2, 0.25) is 12.7 Å². The lowest BCUT2D eigenvalue weighted by atomic mass is 9.94. The molecular weight excluding hydrogens is 356 g/mol. The van der Waals surface area contributed by atoms with E-state index in [4.69, 9.17) is 9.47 Å². The highest BCUT2D eigenvalue weighted by Gasteiger charge is 2.51. The number of aromatic nitrogens is 1. The second-order valence-corrected chi connectivity index (χ2v) is 7.56. The lowest BCUT2D eigenvalue weighted by molar-refractivity contribution is -0.118. The van der Waals surface area contributed by atoms with Crippen molar-refractivity contribution in [1.29, 1.82) is 0 Å². The molecule has 6 heteroatoms. The lowest BCUT2D eigenvalue weighted by Gasteiger charge is -2.16. The number of carbonyl (C=O) groups excluding carboxylic acids is 2. The van der Waals surface area contributed by atoms with Crippen molar-refractivity contribution in [3.05, 3.63) is 53.7 Å². The molecule has 1 unspecified atom stereocenters. The summed E-state index contributed by atoms with van der Waals surface area (Å²) in [5, 5.41) is 4.03. The van der Waals surface area contributed by atoms with Crippen molar-refractivity contribution in [3.8, 4) is 11.5 Å². The molecule has 5 rings (SSSR count). The number of benzene rings is 2. The van der Waals surface area contributed by atoms with E-state index in [9.17, 15) is 9.59 Å². The van der Waals surface area contributed by atoms with E-state index < -0.39 is 5.41 Å². The van der Waals surface area contributed by atoms with E-state index in [1.54, 1.807) is 0 Å². The first kappa shape index (κ1) is 16.9. The Balaban J connectivity index is 1.39. The van der Waals surface area contributed by atoms with Crippen LogP contribution in [0.4, 0.5) is 5.69 Å². The predicted octanol–water partition coefficient (Wildman–Crippen LogP) is 3.87. The van der Waals surface area contributed by atoms with Crippen molar-refractivity contribution in [2.45, 2.75) is 31.1 Å². The van der Waals surface area contributed by atoms with Gasteiger partial charge in [-0.05, 0) is 54.8 Å². The van der Waals surface area contributed by atoms with Gasteiger partial charge >= 0.3 is 0 Å². The van der Waals surface area contributed by atoms with Crippen LogP contribution in [0.15, 0.2) is 42.5 Å². The van der Waals surface area contributed by atoms with E-state index in [0.717, 1.165) is 52.7 Å². The molecule has 1 aliphatic heterocycles. The SMILES string of the molecule is CC(C=O)c1cc2cc(NC(=O)C3(c4ccc5c(c4)OCO5)CC3)ccc2[nH]1.